The van der Waals surface area contributed by atoms with Crippen LogP contribution in [0.25, 0.3) is 0 Å². The molecule has 0 amide bonds. The van der Waals surface area contributed by atoms with Crippen LogP contribution in [0.1, 0.15) is 19.4 Å². The molecule has 0 radical (unpaired) electrons. The van der Waals surface area contributed by atoms with Crippen molar-refractivity contribution in [2.24, 2.45) is 0 Å². The zero-order chi connectivity index (χ0) is 13.8. The van der Waals surface area contributed by atoms with Crippen molar-refractivity contribution in [3.63, 3.8) is 0 Å². The van der Waals surface area contributed by atoms with Gasteiger partial charge in [-0.3, -0.25) is 4.90 Å². The third-order valence-electron chi connectivity index (χ3n) is 3.18. The lowest BCUT2D eigenvalue weighted by atomic mass is 10.0. The molecule has 0 N–H and O–H groups in total. The summed E-state index contributed by atoms with van der Waals surface area (Å²) in [5.74, 6) is 0.837. The van der Waals surface area contributed by atoms with Gasteiger partial charge in [0.25, 0.3) is 0 Å². The van der Waals surface area contributed by atoms with E-state index < -0.39 is 5.54 Å². The maximum atomic E-state index is 9.06. The number of hydrogen-bond acceptors (Lipinski definition) is 3. The summed E-state index contributed by atoms with van der Waals surface area (Å²) >= 11 is 3.48. The van der Waals surface area contributed by atoms with Crippen LogP contribution in [0.3, 0.4) is 0 Å². The van der Waals surface area contributed by atoms with E-state index in [-0.39, 0.29) is 0 Å². The Kier molecular flexibility index (Phi) is 5.18. The lowest BCUT2D eigenvalue weighted by Crippen LogP contribution is -2.40. The molecule has 1 rings (SSSR count). The molecule has 1 aromatic carbocycles. The molecule has 18 heavy (non-hydrogen) atoms. The van der Waals surface area contributed by atoms with E-state index in [0.717, 1.165) is 23.2 Å². The quantitative estimate of drug-likeness (QED) is 0.837. The molecule has 0 spiro atoms. The third kappa shape index (κ3) is 3.72. The Bertz CT molecular complexity index is 452. The molecule has 0 aromatic heterocycles. The molecule has 4 heteroatoms. The van der Waals surface area contributed by atoms with E-state index in [1.165, 1.54) is 5.56 Å². The maximum absolute atomic E-state index is 9.06. The number of ether oxygens (including phenoxy) is 1. The van der Waals surface area contributed by atoms with Gasteiger partial charge in [-0.2, -0.15) is 5.26 Å². The summed E-state index contributed by atoms with van der Waals surface area (Å²) in [4.78, 5) is 2.06. The smallest absolute Gasteiger partial charge is 0.133 e. The zero-order valence-corrected chi connectivity index (χ0v) is 12.9. The number of halogens is 1. The fourth-order valence-electron chi connectivity index (χ4n) is 1.53. The van der Waals surface area contributed by atoms with Crippen molar-refractivity contribution in [3.05, 3.63) is 28.2 Å². The Balaban J connectivity index is 2.65. The van der Waals surface area contributed by atoms with Crippen molar-refractivity contribution < 1.29 is 4.74 Å². The van der Waals surface area contributed by atoms with Crippen molar-refractivity contribution in [3.8, 4) is 11.8 Å². The predicted molar refractivity (Wildman–Crippen MR) is 76.7 cm³/mol. The minimum Gasteiger partial charge on any atom is -0.496 e. The van der Waals surface area contributed by atoms with Crippen LogP contribution in [0.4, 0.5) is 0 Å². The molecule has 0 aliphatic heterocycles. The van der Waals surface area contributed by atoms with Crippen molar-refractivity contribution in [1.82, 2.24) is 4.90 Å². The molecule has 0 unspecified atom stereocenters. The summed E-state index contributed by atoms with van der Waals surface area (Å²) < 4.78 is 6.16. The molecule has 0 bridgehead atoms. The molecular weight excluding hydrogens is 292 g/mol. The van der Waals surface area contributed by atoms with Gasteiger partial charge in [0.1, 0.15) is 11.3 Å². The van der Waals surface area contributed by atoms with Gasteiger partial charge in [-0.15, -0.1) is 0 Å². The van der Waals surface area contributed by atoms with Crippen LogP contribution in [-0.2, 0) is 6.42 Å². The summed E-state index contributed by atoms with van der Waals surface area (Å²) in [5.41, 5.74) is 0.798. The highest BCUT2D eigenvalue weighted by atomic mass is 79.9. The number of benzene rings is 1. The van der Waals surface area contributed by atoms with Crippen LogP contribution in [0.2, 0.25) is 0 Å². The highest BCUT2D eigenvalue weighted by molar-refractivity contribution is 9.10. The van der Waals surface area contributed by atoms with Gasteiger partial charge in [-0.05, 0) is 60.9 Å². The molecule has 1 aromatic rings. The average molecular weight is 311 g/mol. The summed E-state index contributed by atoms with van der Waals surface area (Å²) in [6.45, 7) is 4.70. The molecule has 0 saturated heterocycles. The summed E-state index contributed by atoms with van der Waals surface area (Å²) in [7, 11) is 3.63. The second-order valence-corrected chi connectivity index (χ2v) is 5.67. The van der Waals surface area contributed by atoms with E-state index in [4.69, 9.17) is 10.00 Å². The van der Waals surface area contributed by atoms with Crippen LogP contribution < -0.4 is 4.74 Å². The monoisotopic (exact) mass is 310 g/mol. The first-order valence-corrected chi connectivity index (χ1v) is 6.65. The molecule has 0 fully saturated rings. The van der Waals surface area contributed by atoms with Crippen molar-refractivity contribution in [2.45, 2.75) is 25.8 Å². The van der Waals surface area contributed by atoms with Gasteiger partial charge in [0.15, 0.2) is 0 Å². The SMILES string of the molecule is COc1ccc(CCN(C)C(C)(C)C#N)cc1Br. The van der Waals surface area contributed by atoms with E-state index in [9.17, 15) is 0 Å². The second-order valence-electron chi connectivity index (χ2n) is 4.81. The Morgan fingerprint density at radius 2 is 2.11 bits per heavy atom. The van der Waals surface area contributed by atoms with E-state index in [2.05, 4.69) is 39.0 Å². The number of nitriles is 1. The molecule has 3 nitrogen and oxygen atoms in total. The van der Waals surface area contributed by atoms with Crippen LogP contribution in [0.15, 0.2) is 22.7 Å². The molecular formula is C14H19BrN2O. The van der Waals surface area contributed by atoms with E-state index in [0.29, 0.717) is 0 Å². The number of nitrogens with zero attached hydrogens (tertiary/aromatic N) is 2. The number of hydrogen-bond donors (Lipinski definition) is 0. The van der Waals surface area contributed by atoms with E-state index >= 15 is 0 Å². The number of methoxy groups -OCH3 is 1. The van der Waals surface area contributed by atoms with Gasteiger partial charge in [-0.1, -0.05) is 6.07 Å². The van der Waals surface area contributed by atoms with Crippen LogP contribution in [-0.4, -0.2) is 31.1 Å². The number of rotatable bonds is 5. The van der Waals surface area contributed by atoms with E-state index in [1.54, 1.807) is 7.11 Å². The van der Waals surface area contributed by atoms with Gasteiger partial charge < -0.3 is 4.74 Å². The maximum Gasteiger partial charge on any atom is 0.133 e. The Labute approximate surface area is 117 Å². The predicted octanol–water partition coefficient (Wildman–Crippen LogP) is 3.23. The molecule has 0 aliphatic rings. The zero-order valence-electron chi connectivity index (χ0n) is 11.3. The van der Waals surface area contributed by atoms with Crippen LogP contribution in [0, 0.1) is 11.3 Å². The van der Waals surface area contributed by atoms with Crippen LogP contribution in [0.5, 0.6) is 5.75 Å². The summed E-state index contributed by atoms with van der Waals surface area (Å²) in [5, 5.41) is 9.06. The first-order valence-electron chi connectivity index (χ1n) is 5.85. The fraction of sp³-hybridized carbons (Fsp3) is 0.500. The largest absolute Gasteiger partial charge is 0.496 e. The minimum atomic E-state index is -0.427. The molecule has 0 heterocycles. The molecule has 0 atom stereocenters. The molecule has 98 valence electrons. The average Bonchev–Trinajstić information content (AvgIpc) is 2.36. The Hall–Kier alpha value is -1.05. The van der Waals surface area contributed by atoms with Gasteiger partial charge >= 0.3 is 0 Å². The van der Waals surface area contributed by atoms with Gasteiger partial charge in [0.2, 0.25) is 0 Å². The fourth-order valence-corrected chi connectivity index (χ4v) is 2.12. The highest BCUT2D eigenvalue weighted by Crippen LogP contribution is 2.25. The summed E-state index contributed by atoms with van der Waals surface area (Å²) in [6.07, 6.45) is 0.907. The van der Waals surface area contributed by atoms with Crippen molar-refractivity contribution in [2.75, 3.05) is 20.7 Å². The third-order valence-corrected chi connectivity index (χ3v) is 3.80. The highest BCUT2D eigenvalue weighted by Gasteiger charge is 2.22. The molecule has 0 saturated carbocycles. The van der Waals surface area contributed by atoms with Crippen molar-refractivity contribution >= 4 is 15.9 Å². The standard InChI is InChI=1S/C14H19BrN2O/c1-14(2,10-16)17(3)8-7-11-5-6-13(18-4)12(15)9-11/h5-6,9H,7-8H2,1-4H3. The second kappa shape index (κ2) is 6.21. The first kappa shape index (κ1) is 15.0. The lowest BCUT2D eigenvalue weighted by Gasteiger charge is -2.28. The topological polar surface area (TPSA) is 36.3 Å². The lowest BCUT2D eigenvalue weighted by molar-refractivity contribution is 0.214. The normalized spacial score (nSPS) is 11.4. The van der Waals surface area contributed by atoms with Crippen molar-refractivity contribution in [1.29, 1.82) is 5.26 Å². The Morgan fingerprint density at radius 3 is 2.61 bits per heavy atom. The van der Waals surface area contributed by atoms with Gasteiger partial charge in [0.05, 0.1) is 17.7 Å². The van der Waals surface area contributed by atoms with Gasteiger partial charge in [0, 0.05) is 6.54 Å². The van der Waals surface area contributed by atoms with Gasteiger partial charge in [-0.25, -0.2) is 0 Å². The first-order chi connectivity index (χ1) is 8.40. The summed E-state index contributed by atoms with van der Waals surface area (Å²) in [6, 6.07) is 8.37. The minimum absolute atomic E-state index is 0.427. The Morgan fingerprint density at radius 1 is 1.44 bits per heavy atom. The number of likely N-dealkylation sites (N-methyl/N-ethyl adjacent to an activating group) is 1. The van der Waals surface area contributed by atoms with Crippen LogP contribution >= 0.6 is 15.9 Å². The molecule has 0 aliphatic carbocycles. The van der Waals surface area contributed by atoms with E-state index in [1.807, 2.05) is 27.0 Å².